The topological polar surface area (TPSA) is 135 Å². The lowest BCUT2D eigenvalue weighted by Gasteiger charge is -2.33. The van der Waals surface area contributed by atoms with Crippen LogP contribution in [0.1, 0.15) is 34.9 Å². The first-order valence-corrected chi connectivity index (χ1v) is 14.9. The number of nitrogens with one attached hydrogen (secondary N) is 2. The average Bonchev–Trinajstić information content (AvgIpc) is 3.06. The highest BCUT2D eigenvalue weighted by molar-refractivity contribution is 6.30. The Labute approximate surface area is 267 Å². The Balaban J connectivity index is 1.71. The van der Waals surface area contributed by atoms with Crippen molar-refractivity contribution in [3.8, 4) is 0 Å². The van der Waals surface area contributed by atoms with Crippen LogP contribution in [0.2, 0.25) is 5.02 Å². The second-order valence-corrected chi connectivity index (χ2v) is 10.7. The summed E-state index contributed by atoms with van der Waals surface area (Å²) in [6.07, 6.45) is 0.634. The molecule has 0 bridgehead atoms. The molecule has 234 valence electrons. The molecule has 1 unspecified atom stereocenters. The van der Waals surface area contributed by atoms with E-state index in [1.54, 1.807) is 18.2 Å². The van der Waals surface area contributed by atoms with E-state index < -0.39 is 11.9 Å². The molecule has 0 saturated carbocycles. The number of dihydropyridines is 1. The Kier molecular flexibility index (Phi) is 12.6. The molecule has 45 heavy (non-hydrogen) atoms. The molecule has 1 atom stereocenters. The molecule has 1 aliphatic rings. The van der Waals surface area contributed by atoms with Crippen molar-refractivity contribution in [2.45, 2.75) is 18.3 Å². The van der Waals surface area contributed by atoms with Crippen molar-refractivity contribution >= 4 is 23.5 Å². The average molecular weight is 630 g/mol. The number of benzene rings is 3. The number of hydrogen-bond acceptors (Lipinski definition) is 7. The molecule has 0 fully saturated rings. The van der Waals surface area contributed by atoms with Gasteiger partial charge in [-0.1, -0.05) is 89.5 Å². The van der Waals surface area contributed by atoms with Crippen molar-refractivity contribution in [1.82, 2.24) is 10.6 Å². The highest BCUT2D eigenvalue weighted by atomic mass is 35.5. The van der Waals surface area contributed by atoms with E-state index in [2.05, 4.69) is 44.9 Å². The molecule has 0 aromatic heterocycles. The number of rotatable bonds is 15. The Bertz CT molecular complexity index is 1530. The van der Waals surface area contributed by atoms with E-state index in [4.69, 9.17) is 31.3 Å². The molecule has 3 aromatic rings. The SMILES string of the molecule is COCC1=C(C(=O)OC)C(c2cccc(Cl)c2)C(C(=O)NCCC(c2ccccc2)c2ccccc2)=C(COCCN=[N+]=[N-])N1. The maximum absolute atomic E-state index is 14.2. The summed E-state index contributed by atoms with van der Waals surface area (Å²) >= 11 is 6.40. The molecule has 0 saturated heterocycles. The molecule has 0 spiro atoms. The van der Waals surface area contributed by atoms with E-state index in [1.807, 2.05) is 42.5 Å². The molecule has 3 aromatic carbocycles. The van der Waals surface area contributed by atoms with Gasteiger partial charge in [-0.05, 0) is 40.8 Å². The van der Waals surface area contributed by atoms with Crippen LogP contribution in [0.4, 0.5) is 0 Å². The van der Waals surface area contributed by atoms with Gasteiger partial charge in [-0.3, -0.25) is 4.79 Å². The third kappa shape index (κ3) is 8.74. The van der Waals surface area contributed by atoms with E-state index in [1.165, 1.54) is 14.2 Å². The summed E-state index contributed by atoms with van der Waals surface area (Å²) in [6, 6.07) is 27.3. The van der Waals surface area contributed by atoms with Crippen molar-refractivity contribution < 1.29 is 23.8 Å². The maximum Gasteiger partial charge on any atom is 0.336 e. The molecule has 10 nitrogen and oxygen atoms in total. The number of hydrogen-bond donors (Lipinski definition) is 2. The van der Waals surface area contributed by atoms with Crippen molar-refractivity contribution in [3.63, 3.8) is 0 Å². The van der Waals surface area contributed by atoms with Crippen molar-refractivity contribution in [2.75, 3.05) is 47.1 Å². The third-order valence-electron chi connectivity index (χ3n) is 7.42. The quantitative estimate of drug-likeness (QED) is 0.0694. The number of nitrogens with zero attached hydrogens (tertiary/aromatic N) is 3. The fourth-order valence-electron chi connectivity index (χ4n) is 5.47. The molecular formula is C34H36ClN5O5. The van der Waals surface area contributed by atoms with Crippen molar-refractivity contribution in [1.29, 1.82) is 0 Å². The first kappa shape index (κ1) is 33.3. The standard InChI is InChI=1S/C34H36ClN5O5/c1-43-21-28-32(34(42)44-2)30(25-14-9-15-26(35)20-25)31(29(39-28)22-45-19-18-38-40-36)33(41)37-17-16-27(23-10-5-3-6-11-23)24-12-7-4-8-13-24/h3-15,20,27,30,39H,16-19,21-22H2,1-2H3,(H,37,41). The molecule has 0 radical (unpaired) electrons. The number of carbonyl (C=O) groups excluding carboxylic acids is 2. The van der Waals surface area contributed by atoms with E-state index >= 15 is 0 Å². The zero-order chi connectivity index (χ0) is 32.0. The van der Waals surface area contributed by atoms with Gasteiger partial charge in [0.05, 0.1) is 55.4 Å². The molecule has 11 heteroatoms. The second kappa shape index (κ2) is 17.0. The maximum atomic E-state index is 14.2. The minimum Gasteiger partial charge on any atom is -0.466 e. The fourth-order valence-corrected chi connectivity index (χ4v) is 5.67. The minimum atomic E-state index is -0.836. The number of halogens is 1. The molecule has 1 aliphatic heterocycles. The highest BCUT2D eigenvalue weighted by Crippen LogP contribution is 2.40. The first-order valence-electron chi connectivity index (χ1n) is 14.5. The monoisotopic (exact) mass is 629 g/mol. The van der Waals surface area contributed by atoms with Crippen LogP contribution >= 0.6 is 11.6 Å². The Hall–Kier alpha value is -4.60. The first-order chi connectivity index (χ1) is 22.0. The molecule has 1 heterocycles. The number of esters is 1. The van der Waals surface area contributed by atoms with Gasteiger partial charge in [-0.25, -0.2) is 4.79 Å². The second-order valence-electron chi connectivity index (χ2n) is 10.2. The van der Waals surface area contributed by atoms with Crippen LogP contribution in [-0.2, 0) is 23.8 Å². The summed E-state index contributed by atoms with van der Waals surface area (Å²) in [5.74, 6) is -1.77. The number of methoxy groups -OCH3 is 2. The largest absolute Gasteiger partial charge is 0.466 e. The minimum absolute atomic E-state index is 0.0148. The lowest BCUT2D eigenvalue weighted by molar-refractivity contribution is -0.136. The summed E-state index contributed by atoms with van der Waals surface area (Å²) in [6.45, 7) is 0.645. The van der Waals surface area contributed by atoms with Crippen LogP contribution in [0, 0.1) is 0 Å². The number of carbonyl (C=O) groups is 2. The Morgan fingerprint density at radius 1 is 0.956 bits per heavy atom. The van der Waals surface area contributed by atoms with Crippen molar-refractivity contribution in [3.05, 3.63) is 140 Å². The molecule has 4 rings (SSSR count). The number of ether oxygens (including phenoxy) is 3. The summed E-state index contributed by atoms with van der Waals surface area (Å²) in [5.41, 5.74) is 12.9. The van der Waals surface area contributed by atoms with Crippen LogP contribution < -0.4 is 10.6 Å². The predicted molar refractivity (Wildman–Crippen MR) is 172 cm³/mol. The van der Waals surface area contributed by atoms with E-state index in [-0.39, 0.29) is 49.3 Å². The van der Waals surface area contributed by atoms with Crippen LogP contribution in [0.5, 0.6) is 0 Å². The number of azide groups is 1. The van der Waals surface area contributed by atoms with E-state index in [9.17, 15) is 9.59 Å². The van der Waals surface area contributed by atoms with Crippen LogP contribution in [-0.4, -0.2) is 59.0 Å². The zero-order valence-corrected chi connectivity index (χ0v) is 26.0. The van der Waals surface area contributed by atoms with Crippen LogP contribution in [0.3, 0.4) is 0 Å². The zero-order valence-electron chi connectivity index (χ0n) is 25.2. The van der Waals surface area contributed by atoms with Gasteiger partial charge >= 0.3 is 5.97 Å². The lowest BCUT2D eigenvalue weighted by Crippen LogP contribution is -2.40. The van der Waals surface area contributed by atoms with Gasteiger partial charge in [0.15, 0.2) is 0 Å². The predicted octanol–water partition coefficient (Wildman–Crippen LogP) is 6.02. The molecule has 2 N–H and O–H groups in total. The normalized spacial score (nSPS) is 14.5. The van der Waals surface area contributed by atoms with Crippen molar-refractivity contribution in [2.24, 2.45) is 5.11 Å². The lowest BCUT2D eigenvalue weighted by atomic mass is 9.79. The van der Waals surface area contributed by atoms with Crippen LogP contribution in [0.25, 0.3) is 10.4 Å². The highest BCUT2D eigenvalue weighted by Gasteiger charge is 2.39. The summed E-state index contributed by atoms with van der Waals surface area (Å²) in [5, 5.41) is 10.3. The summed E-state index contributed by atoms with van der Waals surface area (Å²) in [7, 11) is 2.80. The van der Waals surface area contributed by atoms with Gasteiger partial charge in [0.25, 0.3) is 0 Å². The summed E-state index contributed by atoms with van der Waals surface area (Å²) < 4.78 is 16.4. The molecule has 0 aliphatic carbocycles. The van der Waals surface area contributed by atoms with Crippen LogP contribution in [0.15, 0.2) is 113 Å². The summed E-state index contributed by atoms with van der Waals surface area (Å²) in [4.78, 5) is 30.3. The smallest absolute Gasteiger partial charge is 0.336 e. The van der Waals surface area contributed by atoms with Gasteiger partial charge < -0.3 is 24.8 Å². The van der Waals surface area contributed by atoms with Gasteiger partial charge in [-0.15, -0.1) is 0 Å². The van der Waals surface area contributed by atoms with E-state index in [0.29, 0.717) is 34.9 Å². The van der Waals surface area contributed by atoms with Gasteiger partial charge in [0.2, 0.25) is 5.91 Å². The fraction of sp³-hybridized carbons (Fsp3) is 0.294. The van der Waals surface area contributed by atoms with Gasteiger partial charge in [0.1, 0.15) is 0 Å². The van der Waals surface area contributed by atoms with Gasteiger partial charge in [-0.2, -0.15) is 0 Å². The van der Waals surface area contributed by atoms with E-state index in [0.717, 1.165) is 11.1 Å². The Morgan fingerprint density at radius 2 is 1.62 bits per heavy atom. The van der Waals surface area contributed by atoms with Gasteiger partial charge in [0, 0.05) is 36.1 Å². The molecular weight excluding hydrogens is 594 g/mol. The third-order valence-corrected chi connectivity index (χ3v) is 7.65. The number of amides is 1. The Morgan fingerprint density at radius 3 is 2.22 bits per heavy atom. The molecule has 1 amide bonds.